The molecule has 7 heteroatoms. The zero-order valence-corrected chi connectivity index (χ0v) is 17.5. The molecule has 2 aromatic carbocycles. The molecule has 0 aliphatic carbocycles. The quantitative estimate of drug-likeness (QED) is 0.811. The van der Waals surface area contributed by atoms with Crippen LogP contribution in [0.5, 0.6) is 0 Å². The highest BCUT2D eigenvalue weighted by molar-refractivity contribution is 7.92. The van der Waals surface area contributed by atoms with Crippen molar-refractivity contribution in [3.63, 3.8) is 0 Å². The lowest BCUT2D eigenvalue weighted by atomic mass is 9.94. The van der Waals surface area contributed by atoms with Gasteiger partial charge in [-0.1, -0.05) is 48.5 Å². The van der Waals surface area contributed by atoms with Crippen LogP contribution in [0.1, 0.15) is 24.0 Å². The highest BCUT2D eigenvalue weighted by atomic mass is 35.5. The van der Waals surface area contributed by atoms with Crippen molar-refractivity contribution in [1.29, 1.82) is 0 Å². The minimum absolute atomic E-state index is 0. The molecule has 4 rings (SSSR count). The lowest BCUT2D eigenvalue weighted by Gasteiger charge is -2.38. The number of sulfone groups is 1. The first-order valence-corrected chi connectivity index (χ1v) is 11.2. The molecule has 5 nitrogen and oxygen atoms in total. The Labute approximate surface area is 172 Å². The van der Waals surface area contributed by atoms with E-state index in [4.69, 9.17) is 0 Å². The van der Waals surface area contributed by atoms with E-state index in [2.05, 4.69) is 17.4 Å². The monoisotopic (exact) mass is 420 g/mol. The average Bonchev–Trinajstić information content (AvgIpc) is 2.84. The molecule has 0 bridgehead atoms. The molecule has 0 unspecified atom stereocenters. The van der Waals surface area contributed by atoms with Crippen LogP contribution in [-0.4, -0.2) is 43.3 Å². The van der Waals surface area contributed by atoms with E-state index in [1.54, 1.807) is 4.90 Å². The van der Waals surface area contributed by atoms with E-state index in [-0.39, 0.29) is 18.3 Å². The van der Waals surface area contributed by atoms with Crippen LogP contribution in [-0.2, 0) is 27.7 Å². The van der Waals surface area contributed by atoms with Crippen molar-refractivity contribution in [2.24, 2.45) is 0 Å². The summed E-state index contributed by atoms with van der Waals surface area (Å²) >= 11 is 0. The number of benzene rings is 2. The van der Waals surface area contributed by atoms with Gasteiger partial charge in [-0.25, -0.2) is 8.42 Å². The van der Waals surface area contributed by atoms with Gasteiger partial charge in [-0.2, -0.15) is 0 Å². The van der Waals surface area contributed by atoms with Gasteiger partial charge >= 0.3 is 0 Å². The van der Waals surface area contributed by atoms with Crippen molar-refractivity contribution < 1.29 is 13.2 Å². The van der Waals surface area contributed by atoms with Crippen molar-refractivity contribution in [2.75, 3.05) is 19.3 Å². The smallest absolute Gasteiger partial charge is 0.244 e. The second-order valence-corrected chi connectivity index (χ2v) is 9.82. The molecule has 150 valence electrons. The van der Waals surface area contributed by atoms with Crippen LogP contribution in [0.25, 0.3) is 11.1 Å². The van der Waals surface area contributed by atoms with E-state index in [0.717, 1.165) is 22.3 Å². The Morgan fingerprint density at radius 3 is 1.86 bits per heavy atom. The number of nitrogens with one attached hydrogen (secondary N) is 1. The van der Waals surface area contributed by atoms with Crippen LogP contribution in [0, 0.1) is 0 Å². The topological polar surface area (TPSA) is 66.5 Å². The maximum absolute atomic E-state index is 13.6. The van der Waals surface area contributed by atoms with Gasteiger partial charge in [0.15, 0.2) is 14.6 Å². The zero-order valence-electron chi connectivity index (χ0n) is 15.8. The van der Waals surface area contributed by atoms with E-state index in [1.807, 2.05) is 36.4 Å². The average molecular weight is 421 g/mol. The molecule has 0 saturated carbocycles. The Kier molecular flexibility index (Phi) is 5.84. The molecular formula is C21H25ClN2O3S. The molecule has 2 aromatic rings. The fourth-order valence-corrected chi connectivity index (χ4v) is 5.71. The summed E-state index contributed by atoms with van der Waals surface area (Å²) in [7, 11) is -3.53. The Hall–Kier alpha value is -1.89. The van der Waals surface area contributed by atoms with Gasteiger partial charge in [0, 0.05) is 19.3 Å². The maximum atomic E-state index is 13.6. The summed E-state index contributed by atoms with van der Waals surface area (Å²) in [5.41, 5.74) is 4.33. The molecule has 2 aliphatic heterocycles. The Morgan fingerprint density at radius 2 is 1.39 bits per heavy atom. The van der Waals surface area contributed by atoms with Gasteiger partial charge in [-0.15, -0.1) is 12.4 Å². The number of amides is 1. The molecule has 0 aromatic heterocycles. The summed E-state index contributed by atoms with van der Waals surface area (Å²) in [4.78, 5) is 15.3. The van der Waals surface area contributed by atoms with Crippen LogP contribution in [0.4, 0.5) is 0 Å². The fourth-order valence-electron chi connectivity index (χ4n) is 4.31. The largest absolute Gasteiger partial charge is 0.333 e. The molecule has 2 aliphatic rings. The Bertz CT molecular complexity index is 937. The Balaban J connectivity index is 0.00000225. The molecule has 0 spiro atoms. The van der Waals surface area contributed by atoms with Crippen LogP contribution >= 0.6 is 12.4 Å². The lowest BCUT2D eigenvalue weighted by Crippen LogP contribution is -2.57. The van der Waals surface area contributed by atoms with Gasteiger partial charge < -0.3 is 10.2 Å². The predicted molar refractivity (Wildman–Crippen MR) is 113 cm³/mol. The van der Waals surface area contributed by atoms with Crippen LogP contribution < -0.4 is 5.32 Å². The number of nitrogens with zero attached hydrogens (tertiary/aromatic N) is 1. The summed E-state index contributed by atoms with van der Waals surface area (Å²) < 4.78 is 24.1. The molecule has 0 radical (unpaired) electrons. The van der Waals surface area contributed by atoms with Gasteiger partial charge in [0.2, 0.25) is 5.91 Å². The fraction of sp³-hybridized carbons (Fsp3) is 0.381. The summed E-state index contributed by atoms with van der Waals surface area (Å²) in [6.45, 7) is 1.93. The number of piperidine rings is 1. The van der Waals surface area contributed by atoms with Crippen LogP contribution in [0.15, 0.2) is 48.5 Å². The predicted octanol–water partition coefficient (Wildman–Crippen LogP) is 2.78. The molecule has 1 fully saturated rings. The molecule has 1 saturated heterocycles. The van der Waals surface area contributed by atoms with Gasteiger partial charge in [0.1, 0.15) is 0 Å². The highest BCUT2D eigenvalue weighted by Crippen LogP contribution is 2.36. The van der Waals surface area contributed by atoms with Crippen molar-refractivity contribution >= 4 is 28.2 Å². The number of carbonyl (C=O) groups excluding carboxylic acids is 1. The number of rotatable bonds is 2. The molecule has 28 heavy (non-hydrogen) atoms. The summed E-state index contributed by atoms with van der Waals surface area (Å²) in [5, 5.41) is 3.18. The number of carbonyl (C=O) groups is 1. The molecule has 2 heterocycles. The van der Waals surface area contributed by atoms with Gasteiger partial charge in [-0.3, -0.25) is 4.79 Å². The first-order chi connectivity index (χ1) is 12.9. The summed E-state index contributed by atoms with van der Waals surface area (Å²) in [5.74, 6) is -0.266. The van der Waals surface area contributed by atoms with Crippen molar-refractivity contribution in [3.8, 4) is 11.1 Å². The first-order valence-electron chi connectivity index (χ1n) is 9.28. The third-order valence-corrected chi connectivity index (χ3v) is 7.85. The van der Waals surface area contributed by atoms with Gasteiger partial charge in [0.05, 0.1) is 0 Å². The van der Waals surface area contributed by atoms with E-state index < -0.39 is 14.6 Å². The van der Waals surface area contributed by atoms with Crippen molar-refractivity contribution in [3.05, 3.63) is 59.7 Å². The van der Waals surface area contributed by atoms with Crippen LogP contribution in [0.2, 0.25) is 0 Å². The third kappa shape index (κ3) is 3.45. The minimum Gasteiger partial charge on any atom is -0.333 e. The van der Waals surface area contributed by atoms with Crippen LogP contribution in [0.3, 0.4) is 0 Å². The maximum Gasteiger partial charge on any atom is 0.244 e. The van der Waals surface area contributed by atoms with Gasteiger partial charge in [0.25, 0.3) is 0 Å². The molecular weight excluding hydrogens is 396 g/mol. The SMILES string of the molecule is CS(=O)(=O)C1(C(=O)N2Cc3ccccc3-c3ccccc3C2)CCNCC1.Cl. The Morgan fingerprint density at radius 1 is 0.929 bits per heavy atom. The molecule has 1 N–H and O–H groups in total. The number of halogens is 1. The van der Waals surface area contributed by atoms with Crippen molar-refractivity contribution in [2.45, 2.75) is 30.7 Å². The second-order valence-electron chi connectivity index (χ2n) is 7.49. The highest BCUT2D eigenvalue weighted by Gasteiger charge is 2.50. The number of hydrogen-bond donors (Lipinski definition) is 1. The molecule has 1 amide bonds. The van der Waals surface area contributed by atoms with E-state index >= 15 is 0 Å². The molecule has 0 atom stereocenters. The zero-order chi connectivity index (χ0) is 19.1. The minimum atomic E-state index is -3.53. The van der Waals surface area contributed by atoms with Crippen molar-refractivity contribution in [1.82, 2.24) is 10.2 Å². The number of fused-ring (bicyclic) bond motifs is 3. The third-order valence-electron chi connectivity index (χ3n) is 5.85. The van der Waals surface area contributed by atoms with E-state index in [9.17, 15) is 13.2 Å². The van der Waals surface area contributed by atoms with Gasteiger partial charge in [-0.05, 0) is 48.2 Å². The number of hydrogen-bond acceptors (Lipinski definition) is 4. The lowest BCUT2D eigenvalue weighted by molar-refractivity contribution is -0.136. The normalized spacial score (nSPS) is 18.2. The van der Waals surface area contributed by atoms with E-state index in [0.29, 0.717) is 39.0 Å². The summed E-state index contributed by atoms with van der Waals surface area (Å²) in [6.07, 6.45) is 1.85. The standard InChI is InChI=1S/C21H24N2O3S.ClH/c1-27(25,26)21(10-12-22-13-11-21)20(24)23-14-16-6-2-4-8-18(16)19-9-5-3-7-17(19)15-23;/h2-9,22H,10-15H2,1H3;1H. The summed E-state index contributed by atoms with van der Waals surface area (Å²) in [6, 6.07) is 16.1. The second kappa shape index (κ2) is 7.85. The van der Waals surface area contributed by atoms with E-state index in [1.165, 1.54) is 6.26 Å². The first kappa shape index (κ1) is 20.8.